The Bertz CT molecular complexity index is 108. The van der Waals surface area contributed by atoms with E-state index in [-0.39, 0.29) is 17.8 Å². The monoisotopic (exact) mass is 144 g/mol. The van der Waals surface area contributed by atoms with Crippen LogP contribution in [0.25, 0.3) is 0 Å². The molecule has 0 saturated heterocycles. The van der Waals surface area contributed by atoms with Gasteiger partial charge in [0.25, 0.3) is 0 Å². The van der Waals surface area contributed by atoms with Crippen LogP contribution in [-0.2, 0) is 4.79 Å². The molecule has 10 heavy (non-hydrogen) atoms. The molecule has 0 rings (SSSR count). The summed E-state index contributed by atoms with van der Waals surface area (Å²) in [5.41, 5.74) is 0. The minimum atomic E-state index is -0.676. The summed E-state index contributed by atoms with van der Waals surface area (Å²) in [7, 11) is 0. The highest BCUT2D eigenvalue weighted by atomic mass is 16.4. The van der Waals surface area contributed by atoms with Crippen LogP contribution in [0.3, 0.4) is 0 Å². The number of aliphatic carboxylic acids is 1. The zero-order chi connectivity index (χ0) is 8.31. The third kappa shape index (κ3) is 2.38. The van der Waals surface area contributed by atoms with Gasteiger partial charge >= 0.3 is 5.97 Å². The van der Waals surface area contributed by atoms with Crippen molar-refractivity contribution >= 4 is 5.97 Å². The van der Waals surface area contributed by atoms with Gasteiger partial charge in [-0.1, -0.05) is 27.7 Å². The first-order valence-electron chi connectivity index (χ1n) is 3.69. The van der Waals surface area contributed by atoms with Crippen LogP contribution in [0.15, 0.2) is 0 Å². The van der Waals surface area contributed by atoms with Crippen LogP contribution in [0.1, 0.15) is 27.7 Å². The van der Waals surface area contributed by atoms with Gasteiger partial charge in [0.2, 0.25) is 0 Å². The fourth-order valence-electron chi connectivity index (χ4n) is 1.34. The molecule has 0 saturated carbocycles. The average Bonchev–Trinajstić information content (AvgIpc) is 1.59. The van der Waals surface area contributed by atoms with Crippen molar-refractivity contribution in [3.05, 3.63) is 0 Å². The Morgan fingerprint density at radius 3 is 1.40 bits per heavy atom. The molecule has 60 valence electrons. The van der Waals surface area contributed by atoms with E-state index in [9.17, 15) is 4.79 Å². The van der Waals surface area contributed by atoms with E-state index in [1.165, 1.54) is 0 Å². The van der Waals surface area contributed by atoms with Crippen molar-refractivity contribution in [2.24, 2.45) is 17.8 Å². The van der Waals surface area contributed by atoms with Gasteiger partial charge in [0.1, 0.15) is 0 Å². The first kappa shape index (κ1) is 9.47. The fraction of sp³-hybridized carbons (Fsp3) is 0.875. The maximum atomic E-state index is 10.6. The zero-order valence-corrected chi connectivity index (χ0v) is 7.09. The topological polar surface area (TPSA) is 37.3 Å². The summed E-state index contributed by atoms with van der Waals surface area (Å²) in [6.07, 6.45) is 0. The number of carbonyl (C=O) groups is 1. The van der Waals surface area contributed by atoms with Gasteiger partial charge in [-0.15, -0.1) is 0 Å². The summed E-state index contributed by atoms with van der Waals surface area (Å²) in [5.74, 6) is -0.403. The van der Waals surface area contributed by atoms with Gasteiger partial charge in [0, 0.05) is 0 Å². The number of hydrogen-bond donors (Lipinski definition) is 1. The van der Waals surface area contributed by atoms with E-state index in [2.05, 4.69) is 0 Å². The van der Waals surface area contributed by atoms with E-state index in [0.717, 1.165) is 0 Å². The van der Waals surface area contributed by atoms with Gasteiger partial charge in [-0.2, -0.15) is 0 Å². The minimum absolute atomic E-state index is 0.194. The summed E-state index contributed by atoms with van der Waals surface area (Å²) in [6, 6.07) is 0. The predicted molar refractivity (Wildman–Crippen MR) is 40.8 cm³/mol. The average molecular weight is 144 g/mol. The second-order valence-corrected chi connectivity index (χ2v) is 3.35. The molecule has 0 aliphatic heterocycles. The van der Waals surface area contributed by atoms with Gasteiger partial charge in [0.05, 0.1) is 5.92 Å². The van der Waals surface area contributed by atoms with E-state index in [1.54, 1.807) is 0 Å². The van der Waals surface area contributed by atoms with E-state index in [1.807, 2.05) is 27.7 Å². The SMILES string of the molecule is CC(C)C(C(=O)O)C(C)C. The van der Waals surface area contributed by atoms with Gasteiger partial charge in [-0.3, -0.25) is 4.79 Å². The standard InChI is InChI=1S/C8H16O2/c1-5(2)7(6(3)4)8(9)10/h5-7H,1-4H3,(H,9,10). The van der Waals surface area contributed by atoms with Crippen molar-refractivity contribution in [3.63, 3.8) is 0 Å². The molecule has 1 N–H and O–H groups in total. The Morgan fingerprint density at radius 1 is 1.10 bits per heavy atom. The van der Waals surface area contributed by atoms with E-state index >= 15 is 0 Å². The van der Waals surface area contributed by atoms with Crippen molar-refractivity contribution in [3.8, 4) is 0 Å². The molecule has 0 fully saturated rings. The van der Waals surface area contributed by atoms with E-state index < -0.39 is 5.97 Å². The van der Waals surface area contributed by atoms with Crippen LogP contribution < -0.4 is 0 Å². The molecule has 0 aromatic rings. The summed E-state index contributed by atoms with van der Waals surface area (Å²) < 4.78 is 0. The second-order valence-electron chi connectivity index (χ2n) is 3.35. The lowest BCUT2D eigenvalue weighted by Gasteiger charge is -2.19. The minimum Gasteiger partial charge on any atom is -0.481 e. The highest BCUT2D eigenvalue weighted by Crippen LogP contribution is 2.19. The summed E-state index contributed by atoms with van der Waals surface area (Å²) >= 11 is 0. The lowest BCUT2D eigenvalue weighted by atomic mass is 9.86. The molecule has 0 unspecified atom stereocenters. The number of carboxylic acids is 1. The lowest BCUT2D eigenvalue weighted by molar-refractivity contribution is -0.145. The molecular formula is C8H16O2. The molecule has 0 atom stereocenters. The van der Waals surface area contributed by atoms with Gasteiger partial charge < -0.3 is 5.11 Å². The van der Waals surface area contributed by atoms with Gasteiger partial charge in [-0.05, 0) is 11.8 Å². The van der Waals surface area contributed by atoms with E-state index in [4.69, 9.17) is 5.11 Å². The molecular weight excluding hydrogens is 128 g/mol. The highest BCUT2D eigenvalue weighted by molar-refractivity contribution is 5.70. The Labute approximate surface area is 62.2 Å². The normalized spacial score (nSPS) is 11.5. The first-order valence-corrected chi connectivity index (χ1v) is 3.69. The van der Waals surface area contributed by atoms with Crippen molar-refractivity contribution in [1.29, 1.82) is 0 Å². The Balaban J connectivity index is 4.12. The molecule has 0 amide bonds. The van der Waals surface area contributed by atoms with Gasteiger partial charge in [-0.25, -0.2) is 0 Å². The molecule has 2 heteroatoms. The smallest absolute Gasteiger partial charge is 0.307 e. The fourth-order valence-corrected chi connectivity index (χ4v) is 1.34. The van der Waals surface area contributed by atoms with Crippen LogP contribution in [0.5, 0.6) is 0 Å². The van der Waals surface area contributed by atoms with Crippen LogP contribution in [0, 0.1) is 17.8 Å². The Kier molecular flexibility index (Phi) is 3.40. The van der Waals surface area contributed by atoms with Gasteiger partial charge in [0.15, 0.2) is 0 Å². The zero-order valence-electron chi connectivity index (χ0n) is 7.09. The van der Waals surface area contributed by atoms with Crippen molar-refractivity contribution in [2.45, 2.75) is 27.7 Å². The molecule has 0 heterocycles. The van der Waals surface area contributed by atoms with Crippen LogP contribution in [0.2, 0.25) is 0 Å². The molecule has 0 spiro atoms. The second kappa shape index (κ2) is 3.59. The van der Waals surface area contributed by atoms with Crippen molar-refractivity contribution in [2.75, 3.05) is 0 Å². The molecule has 0 radical (unpaired) electrons. The molecule has 0 bridgehead atoms. The molecule has 0 aliphatic rings. The number of carboxylic acid groups (broad SMARTS) is 1. The summed E-state index contributed by atoms with van der Waals surface area (Å²) in [5, 5.41) is 8.71. The maximum Gasteiger partial charge on any atom is 0.307 e. The first-order chi connectivity index (χ1) is 4.46. The predicted octanol–water partition coefficient (Wildman–Crippen LogP) is 2.00. The Morgan fingerprint density at radius 2 is 1.40 bits per heavy atom. The van der Waals surface area contributed by atoms with Crippen molar-refractivity contribution in [1.82, 2.24) is 0 Å². The lowest BCUT2D eigenvalue weighted by Crippen LogP contribution is -2.24. The molecule has 0 aliphatic carbocycles. The third-order valence-electron chi connectivity index (χ3n) is 1.72. The quantitative estimate of drug-likeness (QED) is 0.657. The molecule has 2 nitrogen and oxygen atoms in total. The maximum absolute atomic E-state index is 10.6. The van der Waals surface area contributed by atoms with Crippen LogP contribution in [0.4, 0.5) is 0 Å². The number of rotatable bonds is 3. The third-order valence-corrected chi connectivity index (χ3v) is 1.72. The summed E-state index contributed by atoms with van der Waals surface area (Å²) in [4.78, 5) is 10.6. The Hall–Kier alpha value is -0.530. The summed E-state index contributed by atoms with van der Waals surface area (Å²) in [6.45, 7) is 7.77. The molecule has 0 aromatic heterocycles. The van der Waals surface area contributed by atoms with Crippen LogP contribution in [-0.4, -0.2) is 11.1 Å². The highest BCUT2D eigenvalue weighted by Gasteiger charge is 2.24. The largest absolute Gasteiger partial charge is 0.481 e. The number of hydrogen-bond acceptors (Lipinski definition) is 1. The molecule has 0 aromatic carbocycles. The van der Waals surface area contributed by atoms with Crippen LogP contribution >= 0.6 is 0 Å². The van der Waals surface area contributed by atoms with E-state index in [0.29, 0.717) is 0 Å². The van der Waals surface area contributed by atoms with Crippen molar-refractivity contribution < 1.29 is 9.90 Å².